The number of cyclic esters (lactones) is 1. The van der Waals surface area contributed by atoms with Gasteiger partial charge in [0.1, 0.15) is 12.4 Å². The first-order chi connectivity index (χ1) is 13.7. The molecule has 0 spiro atoms. The summed E-state index contributed by atoms with van der Waals surface area (Å²) in [4.78, 5) is 16.6. The Morgan fingerprint density at radius 1 is 0.929 bits per heavy atom. The molecule has 1 aliphatic heterocycles. The minimum atomic E-state index is -0.473. The van der Waals surface area contributed by atoms with Gasteiger partial charge in [-0.2, -0.15) is 0 Å². The fraction of sp³-hybridized carbons (Fsp3) is 0.0435. The molecule has 0 radical (unpaired) electrons. The second-order valence-electron chi connectivity index (χ2n) is 6.12. The number of aliphatic imine (C=N–C) groups is 1. The molecular formula is C23H16BrNO3. The third-order valence-electron chi connectivity index (χ3n) is 4.19. The van der Waals surface area contributed by atoms with Gasteiger partial charge in [0.25, 0.3) is 0 Å². The van der Waals surface area contributed by atoms with Gasteiger partial charge in [0.15, 0.2) is 5.70 Å². The smallest absolute Gasteiger partial charge is 0.363 e. The third-order valence-corrected chi connectivity index (χ3v) is 4.97. The van der Waals surface area contributed by atoms with Gasteiger partial charge in [-0.05, 0) is 30.3 Å². The van der Waals surface area contributed by atoms with E-state index in [4.69, 9.17) is 9.47 Å². The second-order valence-corrected chi connectivity index (χ2v) is 6.97. The molecule has 0 aromatic heterocycles. The lowest BCUT2D eigenvalue weighted by Crippen LogP contribution is -2.05. The van der Waals surface area contributed by atoms with E-state index in [1.54, 1.807) is 6.08 Å². The van der Waals surface area contributed by atoms with Crippen molar-refractivity contribution < 1.29 is 14.3 Å². The van der Waals surface area contributed by atoms with Crippen molar-refractivity contribution in [2.45, 2.75) is 6.61 Å². The van der Waals surface area contributed by atoms with Crippen molar-refractivity contribution in [1.29, 1.82) is 0 Å². The lowest BCUT2D eigenvalue weighted by molar-refractivity contribution is -0.129. The van der Waals surface area contributed by atoms with Crippen LogP contribution in [0.3, 0.4) is 0 Å². The summed E-state index contributed by atoms with van der Waals surface area (Å²) in [6, 6.07) is 24.8. The Kier molecular flexibility index (Phi) is 5.35. The van der Waals surface area contributed by atoms with E-state index >= 15 is 0 Å². The maximum absolute atomic E-state index is 12.2. The number of halogens is 1. The molecule has 0 fully saturated rings. The Morgan fingerprint density at radius 3 is 2.46 bits per heavy atom. The van der Waals surface area contributed by atoms with E-state index in [0.29, 0.717) is 18.3 Å². The molecule has 1 aliphatic rings. The summed E-state index contributed by atoms with van der Waals surface area (Å²) in [5.41, 5.74) is 2.81. The molecule has 1 heterocycles. The Morgan fingerprint density at radius 2 is 1.64 bits per heavy atom. The second kappa shape index (κ2) is 8.23. The quantitative estimate of drug-likeness (QED) is 0.401. The number of nitrogens with zero attached hydrogens (tertiary/aromatic N) is 1. The van der Waals surface area contributed by atoms with Crippen molar-refractivity contribution in [3.05, 3.63) is 106 Å². The first kappa shape index (κ1) is 18.2. The SMILES string of the molecule is O=C1OC(c2ccccc2)=N/C1=C/c1ccccc1OCc1ccccc1Br. The van der Waals surface area contributed by atoms with Crippen LogP contribution >= 0.6 is 15.9 Å². The number of esters is 1. The molecule has 0 bridgehead atoms. The van der Waals surface area contributed by atoms with Crippen molar-refractivity contribution >= 4 is 33.9 Å². The number of para-hydroxylation sites is 1. The van der Waals surface area contributed by atoms with E-state index in [1.165, 1.54) is 0 Å². The lowest BCUT2D eigenvalue weighted by Gasteiger charge is -2.10. The van der Waals surface area contributed by atoms with Crippen LogP contribution < -0.4 is 4.74 Å². The molecule has 0 saturated heterocycles. The van der Waals surface area contributed by atoms with Crippen LogP contribution in [0.25, 0.3) is 6.08 Å². The zero-order valence-electron chi connectivity index (χ0n) is 14.8. The van der Waals surface area contributed by atoms with Crippen LogP contribution in [0.2, 0.25) is 0 Å². The number of carbonyl (C=O) groups excluding carboxylic acids is 1. The predicted molar refractivity (Wildman–Crippen MR) is 112 cm³/mol. The van der Waals surface area contributed by atoms with Gasteiger partial charge in [0.2, 0.25) is 5.90 Å². The van der Waals surface area contributed by atoms with E-state index in [-0.39, 0.29) is 5.70 Å². The van der Waals surface area contributed by atoms with E-state index in [1.807, 2.05) is 78.9 Å². The van der Waals surface area contributed by atoms with Crippen molar-refractivity contribution in [1.82, 2.24) is 0 Å². The van der Waals surface area contributed by atoms with Gasteiger partial charge in [-0.1, -0.05) is 70.5 Å². The number of hydrogen-bond donors (Lipinski definition) is 0. The highest BCUT2D eigenvalue weighted by Crippen LogP contribution is 2.26. The minimum absolute atomic E-state index is 0.246. The van der Waals surface area contributed by atoms with Gasteiger partial charge in [-0.3, -0.25) is 0 Å². The minimum Gasteiger partial charge on any atom is -0.488 e. The summed E-state index contributed by atoms with van der Waals surface area (Å²) < 4.78 is 12.3. The number of rotatable bonds is 5. The van der Waals surface area contributed by atoms with Crippen LogP contribution in [0.1, 0.15) is 16.7 Å². The molecule has 3 aromatic rings. The fourth-order valence-electron chi connectivity index (χ4n) is 2.76. The molecule has 4 nitrogen and oxygen atoms in total. The summed E-state index contributed by atoms with van der Waals surface area (Å²) in [5.74, 6) is 0.504. The van der Waals surface area contributed by atoms with Crippen molar-refractivity contribution in [2.75, 3.05) is 0 Å². The highest BCUT2D eigenvalue weighted by atomic mass is 79.9. The molecule has 0 atom stereocenters. The number of carbonyl (C=O) groups is 1. The molecule has 3 aromatic carbocycles. The Hall–Kier alpha value is -3.18. The fourth-order valence-corrected chi connectivity index (χ4v) is 3.16. The topological polar surface area (TPSA) is 47.9 Å². The number of benzene rings is 3. The Bertz CT molecular complexity index is 1070. The maximum Gasteiger partial charge on any atom is 0.363 e. The average molecular weight is 434 g/mol. The number of hydrogen-bond acceptors (Lipinski definition) is 4. The van der Waals surface area contributed by atoms with Gasteiger partial charge >= 0.3 is 5.97 Å². The maximum atomic E-state index is 12.2. The van der Waals surface area contributed by atoms with E-state index in [9.17, 15) is 4.79 Å². The summed E-state index contributed by atoms with van der Waals surface area (Å²) in [6.07, 6.45) is 1.69. The lowest BCUT2D eigenvalue weighted by atomic mass is 10.1. The van der Waals surface area contributed by atoms with E-state index < -0.39 is 5.97 Å². The van der Waals surface area contributed by atoms with Crippen LogP contribution in [0.5, 0.6) is 5.75 Å². The monoisotopic (exact) mass is 433 g/mol. The van der Waals surface area contributed by atoms with Crippen LogP contribution in [0.4, 0.5) is 0 Å². The summed E-state index contributed by atoms with van der Waals surface area (Å²) in [7, 11) is 0. The molecule has 0 N–H and O–H groups in total. The van der Waals surface area contributed by atoms with Crippen LogP contribution in [0.15, 0.2) is 94.0 Å². The Labute approximate surface area is 171 Å². The van der Waals surface area contributed by atoms with Crippen LogP contribution in [-0.2, 0) is 16.1 Å². The normalized spacial score (nSPS) is 14.7. The average Bonchev–Trinajstić information content (AvgIpc) is 3.09. The molecule has 5 heteroatoms. The van der Waals surface area contributed by atoms with Crippen molar-refractivity contribution in [2.24, 2.45) is 4.99 Å². The summed E-state index contributed by atoms with van der Waals surface area (Å²) >= 11 is 3.53. The standard InChI is InChI=1S/C23H16BrNO3/c24-19-12-6-4-11-18(19)15-27-21-13-7-5-10-17(21)14-20-23(26)28-22(25-20)16-8-2-1-3-9-16/h1-14H,15H2/b20-14+. The van der Waals surface area contributed by atoms with Crippen molar-refractivity contribution in [3.63, 3.8) is 0 Å². The molecule has 0 amide bonds. The number of ether oxygens (including phenoxy) is 2. The molecular weight excluding hydrogens is 418 g/mol. The first-order valence-corrected chi connectivity index (χ1v) is 9.53. The van der Waals surface area contributed by atoms with Crippen LogP contribution in [0, 0.1) is 0 Å². The molecule has 138 valence electrons. The van der Waals surface area contributed by atoms with Crippen LogP contribution in [-0.4, -0.2) is 11.9 Å². The molecule has 4 rings (SSSR count). The van der Waals surface area contributed by atoms with Gasteiger partial charge < -0.3 is 9.47 Å². The molecule has 0 aliphatic carbocycles. The van der Waals surface area contributed by atoms with Gasteiger partial charge in [0, 0.05) is 21.2 Å². The van der Waals surface area contributed by atoms with E-state index in [2.05, 4.69) is 20.9 Å². The third kappa shape index (κ3) is 4.05. The highest BCUT2D eigenvalue weighted by Gasteiger charge is 2.24. The van der Waals surface area contributed by atoms with E-state index in [0.717, 1.165) is 21.2 Å². The highest BCUT2D eigenvalue weighted by molar-refractivity contribution is 9.10. The largest absolute Gasteiger partial charge is 0.488 e. The summed E-state index contributed by atoms with van der Waals surface area (Å²) in [5, 5.41) is 0. The Balaban J connectivity index is 1.59. The zero-order valence-corrected chi connectivity index (χ0v) is 16.4. The summed E-state index contributed by atoms with van der Waals surface area (Å²) in [6.45, 7) is 0.407. The molecule has 0 saturated carbocycles. The van der Waals surface area contributed by atoms with Gasteiger partial charge in [-0.25, -0.2) is 9.79 Å². The predicted octanol–water partition coefficient (Wildman–Crippen LogP) is 5.37. The molecule has 28 heavy (non-hydrogen) atoms. The van der Waals surface area contributed by atoms with Gasteiger partial charge in [-0.15, -0.1) is 0 Å². The first-order valence-electron chi connectivity index (χ1n) is 8.74. The molecule has 0 unspecified atom stereocenters. The van der Waals surface area contributed by atoms with Crippen molar-refractivity contribution in [3.8, 4) is 5.75 Å². The zero-order chi connectivity index (χ0) is 19.3. The van der Waals surface area contributed by atoms with Gasteiger partial charge in [0.05, 0.1) is 0 Å².